The minimum Gasteiger partial charge on any atom is -0.396 e. The summed E-state index contributed by atoms with van der Waals surface area (Å²) < 4.78 is 0. The molecule has 0 fully saturated rings. The largest absolute Gasteiger partial charge is 0.396 e. The third-order valence-corrected chi connectivity index (χ3v) is 2.74. The number of anilines is 2. The summed E-state index contributed by atoms with van der Waals surface area (Å²) in [5.74, 6) is 0. The lowest BCUT2D eigenvalue weighted by atomic mass is 10.2. The molecule has 0 amide bonds. The van der Waals surface area contributed by atoms with E-state index in [4.69, 9.17) is 5.11 Å². The number of hydrogen-bond donors (Lipinski definition) is 2. The zero-order valence-corrected chi connectivity index (χ0v) is 10.7. The summed E-state index contributed by atoms with van der Waals surface area (Å²) in [7, 11) is 1.73. The summed E-state index contributed by atoms with van der Waals surface area (Å²) in [6.07, 6.45) is 0.644. The maximum Gasteiger partial charge on any atom is 0.273 e. The van der Waals surface area contributed by atoms with Gasteiger partial charge in [0.2, 0.25) is 0 Å². The molecule has 6 nitrogen and oxygen atoms in total. The molecule has 0 saturated heterocycles. The Bertz CT molecular complexity index is 410. The second-order valence-corrected chi connectivity index (χ2v) is 3.90. The van der Waals surface area contributed by atoms with Crippen molar-refractivity contribution < 1.29 is 10.0 Å². The van der Waals surface area contributed by atoms with Gasteiger partial charge in [-0.3, -0.25) is 10.1 Å². The maximum absolute atomic E-state index is 10.9. The Labute approximate surface area is 106 Å². The average molecular weight is 253 g/mol. The molecule has 0 aromatic heterocycles. The van der Waals surface area contributed by atoms with Gasteiger partial charge >= 0.3 is 0 Å². The summed E-state index contributed by atoms with van der Waals surface area (Å²) in [5, 5.41) is 22.6. The first-order valence-electron chi connectivity index (χ1n) is 5.95. The van der Waals surface area contributed by atoms with Gasteiger partial charge < -0.3 is 15.3 Å². The average Bonchev–Trinajstić information content (AvgIpc) is 2.39. The van der Waals surface area contributed by atoms with Crippen LogP contribution >= 0.6 is 0 Å². The van der Waals surface area contributed by atoms with Crippen molar-refractivity contribution >= 4 is 17.1 Å². The van der Waals surface area contributed by atoms with Crippen molar-refractivity contribution in [2.24, 2.45) is 0 Å². The molecule has 1 rings (SSSR count). The number of aliphatic hydroxyl groups is 1. The van der Waals surface area contributed by atoms with Crippen LogP contribution in [0.25, 0.3) is 0 Å². The maximum atomic E-state index is 10.9. The van der Waals surface area contributed by atoms with Crippen LogP contribution in [0.5, 0.6) is 0 Å². The molecule has 0 spiro atoms. The highest BCUT2D eigenvalue weighted by molar-refractivity contribution is 5.64. The fourth-order valence-corrected chi connectivity index (χ4v) is 1.76. The highest BCUT2D eigenvalue weighted by Gasteiger charge is 2.12. The molecule has 2 N–H and O–H groups in total. The van der Waals surface area contributed by atoms with E-state index in [1.807, 2.05) is 17.9 Å². The fraction of sp³-hybridized carbons (Fsp3) is 0.500. The number of non-ortho nitro benzene ring substituents is 1. The van der Waals surface area contributed by atoms with Gasteiger partial charge in [-0.25, -0.2) is 0 Å². The first-order valence-corrected chi connectivity index (χ1v) is 5.95. The molecule has 0 unspecified atom stereocenters. The minimum absolute atomic E-state index is 0.0688. The molecule has 1 aromatic carbocycles. The zero-order chi connectivity index (χ0) is 13.5. The van der Waals surface area contributed by atoms with Gasteiger partial charge in [0.1, 0.15) is 0 Å². The van der Waals surface area contributed by atoms with Crippen molar-refractivity contribution in [2.45, 2.75) is 13.3 Å². The second-order valence-electron chi connectivity index (χ2n) is 3.90. The van der Waals surface area contributed by atoms with Gasteiger partial charge in [0.25, 0.3) is 5.69 Å². The van der Waals surface area contributed by atoms with Gasteiger partial charge in [-0.2, -0.15) is 0 Å². The first-order chi connectivity index (χ1) is 8.62. The number of nitro benzene ring substituents is 1. The Balaban J connectivity index is 3.04. The molecule has 0 aliphatic rings. The van der Waals surface area contributed by atoms with E-state index in [0.29, 0.717) is 18.7 Å². The molecule has 0 radical (unpaired) electrons. The van der Waals surface area contributed by atoms with Gasteiger partial charge in [-0.05, 0) is 19.4 Å². The molecular formula is C12H19N3O3. The van der Waals surface area contributed by atoms with Crippen LogP contribution in [0.3, 0.4) is 0 Å². The standard InChI is InChI=1S/C12H19N3O3/c1-3-14(5-4-6-16)11-7-10(13-2)8-12(9-11)15(17)18/h7-9,13,16H,3-6H2,1-2H3. The normalized spacial score (nSPS) is 10.2. The number of nitrogens with one attached hydrogen (secondary N) is 1. The number of aliphatic hydroxyl groups excluding tert-OH is 1. The number of rotatable bonds is 7. The summed E-state index contributed by atoms with van der Waals surface area (Å²) in [6.45, 7) is 3.52. The van der Waals surface area contributed by atoms with Gasteiger partial charge in [0.05, 0.1) is 4.92 Å². The van der Waals surface area contributed by atoms with E-state index in [1.54, 1.807) is 13.1 Å². The molecule has 100 valence electrons. The van der Waals surface area contributed by atoms with Crippen molar-refractivity contribution in [3.05, 3.63) is 28.3 Å². The van der Waals surface area contributed by atoms with Crippen LogP contribution in [0.4, 0.5) is 17.1 Å². The Hall–Kier alpha value is -1.82. The minimum atomic E-state index is -0.399. The quantitative estimate of drug-likeness (QED) is 0.572. The van der Waals surface area contributed by atoms with Crippen molar-refractivity contribution in [2.75, 3.05) is 37.0 Å². The molecule has 6 heteroatoms. The lowest BCUT2D eigenvalue weighted by Gasteiger charge is -2.23. The summed E-state index contributed by atoms with van der Waals surface area (Å²) in [5.41, 5.74) is 1.57. The number of nitrogens with zero attached hydrogens (tertiary/aromatic N) is 2. The molecule has 0 saturated carbocycles. The van der Waals surface area contributed by atoms with E-state index in [9.17, 15) is 10.1 Å². The first kappa shape index (κ1) is 14.2. The van der Waals surface area contributed by atoms with Crippen molar-refractivity contribution in [3.63, 3.8) is 0 Å². The third kappa shape index (κ3) is 3.59. The summed E-state index contributed by atoms with van der Waals surface area (Å²) >= 11 is 0. The summed E-state index contributed by atoms with van der Waals surface area (Å²) in [6, 6.07) is 4.93. The van der Waals surface area contributed by atoms with Crippen LogP contribution in [-0.2, 0) is 0 Å². The zero-order valence-electron chi connectivity index (χ0n) is 10.7. The molecular weight excluding hydrogens is 234 g/mol. The fourth-order valence-electron chi connectivity index (χ4n) is 1.76. The van der Waals surface area contributed by atoms with E-state index in [0.717, 1.165) is 12.2 Å². The van der Waals surface area contributed by atoms with Crippen LogP contribution in [0.15, 0.2) is 18.2 Å². The Kier molecular flexibility index (Phi) is 5.38. The number of benzene rings is 1. The van der Waals surface area contributed by atoms with Crippen molar-refractivity contribution in [1.82, 2.24) is 0 Å². The second kappa shape index (κ2) is 6.80. The predicted molar refractivity (Wildman–Crippen MR) is 72.2 cm³/mol. The lowest BCUT2D eigenvalue weighted by molar-refractivity contribution is -0.384. The Morgan fingerprint density at radius 1 is 1.44 bits per heavy atom. The van der Waals surface area contributed by atoms with E-state index in [1.165, 1.54) is 6.07 Å². The van der Waals surface area contributed by atoms with E-state index < -0.39 is 4.92 Å². The third-order valence-electron chi connectivity index (χ3n) is 2.74. The van der Waals surface area contributed by atoms with Crippen LogP contribution in [0, 0.1) is 10.1 Å². The molecule has 1 aromatic rings. The van der Waals surface area contributed by atoms with E-state index >= 15 is 0 Å². The number of nitro groups is 1. The van der Waals surface area contributed by atoms with Crippen molar-refractivity contribution in [1.29, 1.82) is 0 Å². The van der Waals surface area contributed by atoms with Gasteiger partial charge in [-0.1, -0.05) is 0 Å². The topological polar surface area (TPSA) is 78.6 Å². The van der Waals surface area contributed by atoms with E-state index in [-0.39, 0.29) is 12.3 Å². The SMILES string of the molecule is CCN(CCCO)c1cc(NC)cc([N+](=O)[O-])c1. The van der Waals surface area contributed by atoms with Gasteiger partial charge in [0, 0.05) is 50.3 Å². The van der Waals surface area contributed by atoms with Crippen molar-refractivity contribution in [3.8, 4) is 0 Å². The number of hydrogen-bond acceptors (Lipinski definition) is 5. The molecule has 0 aliphatic carbocycles. The Morgan fingerprint density at radius 2 is 2.17 bits per heavy atom. The van der Waals surface area contributed by atoms with Gasteiger partial charge in [-0.15, -0.1) is 0 Å². The predicted octanol–water partition coefficient (Wildman–Crippen LogP) is 1.85. The van der Waals surface area contributed by atoms with Crippen LogP contribution < -0.4 is 10.2 Å². The highest BCUT2D eigenvalue weighted by Crippen LogP contribution is 2.26. The molecule has 18 heavy (non-hydrogen) atoms. The Morgan fingerprint density at radius 3 is 2.67 bits per heavy atom. The van der Waals surface area contributed by atoms with E-state index in [2.05, 4.69) is 5.32 Å². The molecule has 0 heterocycles. The highest BCUT2D eigenvalue weighted by atomic mass is 16.6. The van der Waals surface area contributed by atoms with Crippen LogP contribution in [-0.4, -0.2) is 36.8 Å². The summed E-state index contributed by atoms with van der Waals surface area (Å²) in [4.78, 5) is 12.5. The smallest absolute Gasteiger partial charge is 0.273 e. The van der Waals surface area contributed by atoms with Crippen LogP contribution in [0.2, 0.25) is 0 Å². The molecule has 0 aliphatic heterocycles. The lowest BCUT2D eigenvalue weighted by Crippen LogP contribution is -2.24. The monoisotopic (exact) mass is 253 g/mol. The van der Waals surface area contributed by atoms with Gasteiger partial charge in [0.15, 0.2) is 0 Å². The molecule has 0 bridgehead atoms. The van der Waals surface area contributed by atoms with Crippen LogP contribution in [0.1, 0.15) is 13.3 Å². The molecule has 0 atom stereocenters.